The van der Waals surface area contributed by atoms with Crippen LogP contribution in [0, 0.1) is 0 Å². The molecule has 2 rings (SSSR count). The molecule has 1 aliphatic rings. The van der Waals surface area contributed by atoms with Gasteiger partial charge >= 0.3 is 0 Å². The second-order valence-corrected chi connectivity index (χ2v) is 4.20. The molecule has 4 heteroatoms. The summed E-state index contributed by atoms with van der Waals surface area (Å²) in [6.45, 7) is 2.20. The zero-order valence-electron chi connectivity index (χ0n) is 7.66. The van der Waals surface area contributed by atoms with Crippen LogP contribution in [-0.4, -0.2) is 24.9 Å². The van der Waals surface area contributed by atoms with Crippen molar-refractivity contribution in [2.45, 2.75) is 6.04 Å². The summed E-state index contributed by atoms with van der Waals surface area (Å²) in [6.07, 6.45) is 0. The molecular weight excluding hydrogens is 246 g/mol. The number of morpholine rings is 1. The van der Waals surface area contributed by atoms with E-state index < -0.39 is 0 Å². The molecular formula is C10H12BrNO2. The summed E-state index contributed by atoms with van der Waals surface area (Å²) < 4.78 is 6.22. The Hall–Kier alpha value is -0.580. The van der Waals surface area contributed by atoms with E-state index in [9.17, 15) is 5.11 Å². The minimum Gasteiger partial charge on any atom is -0.508 e. The maximum absolute atomic E-state index is 9.72. The Morgan fingerprint density at radius 1 is 1.50 bits per heavy atom. The molecule has 1 atom stereocenters. The van der Waals surface area contributed by atoms with Gasteiger partial charge in [0.15, 0.2) is 0 Å². The van der Waals surface area contributed by atoms with Gasteiger partial charge in [-0.25, -0.2) is 0 Å². The van der Waals surface area contributed by atoms with Crippen LogP contribution in [0.5, 0.6) is 5.75 Å². The summed E-state index contributed by atoms with van der Waals surface area (Å²) in [5.74, 6) is 0.308. The molecule has 1 fully saturated rings. The van der Waals surface area contributed by atoms with Gasteiger partial charge in [0.1, 0.15) is 5.75 Å². The van der Waals surface area contributed by atoms with Gasteiger partial charge in [0, 0.05) is 16.6 Å². The number of rotatable bonds is 1. The number of hydrogen-bond donors (Lipinski definition) is 2. The molecule has 1 aromatic rings. The first-order valence-electron chi connectivity index (χ1n) is 4.57. The maximum Gasteiger partial charge on any atom is 0.121 e. The maximum atomic E-state index is 9.72. The smallest absolute Gasteiger partial charge is 0.121 e. The van der Waals surface area contributed by atoms with E-state index in [1.807, 2.05) is 12.1 Å². The van der Waals surface area contributed by atoms with E-state index >= 15 is 0 Å². The Kier molecular flexibility index (Phi) is 3.05. The van der Waals surface area contributed by atoms with Crippen LogP contribution in [0.25, 0.3) is 0 Å². The number of hydrogen-bond acceptors (Lipinski definition) is 3. The third-order valence-electron chi connectivity index (χ3n) is 2.29. The number of aromatic hydroxyl groups is 1. The molecule has 0 aliphatic carbocycles. The topological polar surface area (TPSA) is 41.5 Å². The van der Waals surface area contributed by atoms with Gasteiger partial charge in [-0.2, -0.15) is 0 Å². The lowest BCUT2D eigenvalue weighted by molar-refractivity contribution is 0.0761. The molecule has 1 heterocycles. The molecule has 76 valence electrons. The Labute approximate surface area is 91.2 Å². The third-order valence-corrected chi connectivity index (χ3v) is 2.78. The van der Waals surface area contributed by atoms with Crippen molar-refractivity contribution in [2.24, 2.45) is 0 Å². The molecule has 0 spiro atoms. The highest BCUT2D eigenvalue weighted by atomic mass is 79.9. The van der Waals surface area contributed by atoms with E-state index in [1.165, 1.54) is 0 Å². The first-order valence-corrected chi connectivity index (χ1v) is 5.36. The summed E-state index contributed by atoms with van der Waals surface area (Å²) in [7, 11) is 0. The molecule has 0 bridgehead atoms. The van der Waals surface area contributed by atoms with E-state index in [-0.39, 0.29) is 6.04 Å². The van der Waals surface area contributed by atoms with Crippen LogP contribution >= 0.6 is 15.9 Å². The van der Waals surface area contributed by atoms with Gasteiger partial charge < -0.3 is 15.2 Å². The van der Waals surface area contributed by atoms with Crippen LogP contribution in [0.3, 0.4) is 0 Å². The highest BCUT2D eigenvalue weighted by molar-refractivity contribution is 9.10. The number of ether oxygens (including phenoxy) is 1. The fourth-order valence-corrected chi connectivity index (χ4v) is 1.93. The lowest BCUT2D eigenvalue weighted by atomic mass is 10.1. The largest absolute Gasteiger partial charge is 0.508 e. The summed E-state index contributed by atoms with van der Waals surface area (Å²) in [4.78, 5) is 0. The van der Waals surface area contributed by atoms with Crippen molar-refractivity contribution in [1.82, 2.24) is 5.32 Å². The number of phenols is 1. The monoisotopic (exact) mass is 257 g/mol. The van der Waals surface area contributed by atoms with Crippen molar-refractivity contribution in [3.63, 3.8) is 0 Å². The van der Waals surface area contributed by atoms with Crippen molar-refractivity contribution in [2.75, 3.05) is 19.8 Å². The van der Waals surface area contributed by atoms with E-state index in [4.69, 9.17) is 4.74 Å². The predicted octanol–water partition coefficient (Wildman–Crippen LogP) is 1.82. The van der Waals surface area contributed by atoms with Crippen molar-refractivity contribution >= 4 is 15.9 Å². The van der Waals surface area contributed by atoms with Crippen molar-refractivity contribution in [3.05, 3.63) is 28.2 Å². The second kappa shape index (κ2) is 4.29. The summed E-state index contributed by atoms with van der Waals surface area (Å²) in [6, 6.07) is 5.64. The van der Waals surface area contributed by atoms with Gasteiger partial charge in [-0.15, -0.1) is 0 Å². The quantitative estimate of drug-likeness (QED) is 0.807. The summed E-state index contributed by atoms with van der Waals surface area (Å²) in [5, 5.41) is 13.0. The Morgan fingerprint density at radius 3 is 3.00 bits per heavy atom. The van der Waals surface area contributed by atoms with Crippen LogP contribution in [0.4, 0.5) is 0 Å². The first-order chi connectivity index (χ1) is 6.77. The van der Waals surface area contributed by atoms with E-state index in [1.54, 1.807) is 6.07 Å². The van der Waals surface area contributed by atoms with Crippen molar-refractivity contribution in [1.29, 1.82) is 0 Å². The number of halogens is 1. The van der Waals surface area contributed by atoms with Gasteiger partial charge in [-0.3, -0.25) is 0 Å². The SMILES string of the molecule is Oc1cc(Br)ccc1[C@@H]1COCCN1. The molecule has 3 nitrogen and oxygen atoms in total. The van der Waals surface area contributed by atoms with E-state index in [0.29, 0.717) is 12.4 Å². The molecule has 2 N–H and O–H groups in total. The zero-order chi connectivity index (χ0) is 9.97. The summed E-state index contributed by atoms with van der Waals surface area (Å²) in [5.41, 5.74) is 0.896. The normalized spacial score (nSPS) is 22.2. The van der Waals surface area contributed by atoms with Gasteiger partial charge in [-0.1, -0.05) is 22.0 Å². The Balaban J connectivity index is 2.22. The van der Waals surface area contributed by atoms with Gasteiger partial charge in [-0.05, 0) is 12.1 Å². The molecule has 0 unspecified atom stereocenters. The average Bonchev–Trinajstić information content (AvgIpc) is 2.19. The average molecular weight is 258 g/mol. The first kappa shape index (κ1) is 9.96. The van der Waals surface area contributed by atoms with Crippen LogP contribution < -0.4 is 5.32 Å². The lowest BCUT2D eigenvalue weighted by Crippen LogP contribution is -2.34. The molecule has 0 aromatic heterocycles. The van der Waals surface area contributed by atoms with Crippen LogP contribution in [0.1, 0.15) is 11.6 Å². The van der Waals surface area contributed by atoms with E-state index in [0.717, 1.165) is 23.2 Å². The van der Waals surface area contributed by atoms with E-state index in [2.05, 4.69) is 21.2 Å². The molecule has 1 aromatic carbocycles. The van der Waals surface area contributed by atoms with Crippen LogP contribution in [-0.2, 0) is 4.74 Å². The third kappa shape index (κ3) is 2.08. The van der Waals surface area contributed by atoms with Crippen LogP contribution in [0.2, 0.25) is 0 Å². The number of phenolic OH excluding ortho intramolecular Hbond substituents is 1. The van der Waals surface area contributed by atoms with Gasteiger partial charge in [0.2, 0.25) is 0 Å². The second-order valence-electron chi connectivity index (χ2n) is 3.28. The highest BCUT2D eigenvalue weighted by Crippen LogP contribution is 2.28. The minimum absolute atomic E-state index is 0.108. The number of benzene rings is 1. The number of nitrogens with one attached hydrogen (secondary N) is 1. The summed E-state index contributed by atoms with van der Waals surface area (Å²) >= 11 is 3.31. The minimum atomic E-state index is 0.108. The molecule has 14 heavy (non-hydrogen) atoms. The lowest BCUT2D eigenvalue weighted by Gasteiger charge is -2.24. The molecule has 1 aliphatic heterocycles. The fourth-order valence-electron chi connectivity index (χ4n) is 1.58. The molecule has 1 saturated heterocycles. The van der Waals surface area contributed by atoms with Crippen molar-refractivity contribution < 1.29 is 9.84 Å². The van der Waals surface area contributed by atoms with Gasteiger partial charge in [0.25, 0.3) is 0 Å². The molecule has 0 amide bonds. The predicted molar refractivity (Wildman–Crippen MR) is 57.4 cm³/mol. The fraction of sp³-hybridized carbons (Fsp3) is 0.400. The standard InChI is InChI=1S/C10H12BrNO2/c11-7-1-2-8(10(13)5-7)9-6-14-4-3-12-9/h1-2,5,9,12-13H,3-4,6H2/t9-/m0/s1. The Bertz CT molecular complexity index is 324. The molecule has 0 saturated carbocycles. The van der Waals surface area contributed by atoms with Crippen molar-refractivity contribution in [3.8, 4) is 5.75 Å². The Morgan fingerprint density at radius 2 is 2.36 bits per heavy atom. The molecule has 0 radical (unpaired) electrons. The van der Waals surface area contributed by atoms with Crippen LogP contribution in [0.15, 0.2) is 22.7 Å². The highest BCUT2D eigenvalue weighted by Gasteiger charge is 2.17. The van der Waals surface area contributed by atoms with Gasteiger partial charge in [0.05, 0.1) is 19.3 Å². The zero-order valence-corrected chi connectivity index (χ0v) is 9.25.